The predicted octanol–water partition coefficient (Wildman–Crippen LogP) is 3.32. The van der Waals surface area contributed by atoms with Gasteiger partial charge in [0.05, 0.1) is 6.21 Å². The van der Waals surface area contributed by atoms with E-state index >= 15 is 0 Å². The second-order valence-corrected chi connectivity index (χ2v) is 6.07. The molecule has 0 aromatic heterocycles. The van der Waals surface area contributed by atoms with Gasteiger partial charge < -0.3 is 10.1 Å². The van der Waals surface area contributed by atoms with E-state index in [2.05, 4.69) is 22.4 Å². The smallest absolute Gasteiger partial charge is 0.329 e. The van der Waals surface area contributed by atoms with Crippen LogP contribution in [-0.4, -0.2) is 24.6 Å². The van der Waals surface area contributed by atoms with Gasteiger partial charge in [0.25, 0.3) is 0 Å². The Labute approximate surface area is 166 Å². The summed E-state index contributed by atoms with van der Waals surface area (Å²) in [6.45, 7) is 3.85. The number of rotatable bonds is 7. The maximum absolute atomic E-state index is 11.5. The lowest BCUT2D eigenvalue weighted by atomic mass is 10.2. The van der Waals surface area contributed by atoms with E-state index in [-0.39, 0.29) is 13.2 Å². The number of amides is 2. The van der Waals surface area contributed by atoms with Crippen LogP contribution in [0.5, 0.6) is 5.75 Å². The number of carbonyl (C=O) groups is 2. The molecule has 0 unspecified atom stereocenters. The van der Waals surface area contributed by atoms with Gasteiger partial charge in [-0.15, -0.1) is 6.58 Å². The van der Waals surface area contributed by atoms with Gasteiger partial charge in [0.1, 0.15) is 12.4 Å². The molecule has 2 aromatic carbocycles. The quantitative estimate of drug-likeness (QED) is 0.321. The summed E-state index contributed by atoms with van der Waals surface area (Å²) in [6, 6.07) is 12.3. The number of hydrogen-bond acceptors (Lipinski definition) is 4. The molecule has 140 valence electrons. The van der Waals surface area contributed by atoms with Crippen LogP contribution in [0, 0.1) is 0 Å². The van der Waals surface area contributed by atoms with Gasteiger partial charge in [-0.05, 0) is 29.8 Å². The highest BCUT2D eigenvalue weighted by atomic mass is 35.5. The minimum atomic E-state index is -0.867. The molecule has 0 heterocycles. The Hall–Kier alpha value is -2.83. The minimum Gasteiger partial charge on any atom is -0.489 e. The monoisotopic (exact) mass is 405 g/mol. The van der Waals surface area contributed by atoms with Gasteiger partial charge in [-0.1, -0.05) is 47.5 Å². The third-order valence-corrected chi connectivity index (χ3v) is 4.00. The average Bonchev–Trinajstić information content (AvgIpc) is 2.66. The number of hydrazone groups is 1. The van der Waals surface area contributed by atoms with Crippen molar-refractivity contribution in [1.29, 1.82) is 0 Å². The summed E-state index contributed by atoms with van der Waals surface area (Å²) in [5.41, 5.74) is 3.50. The third-order valence-electron chi connectivity index (χ3n) is 3.30. The average molecular weight is 406 g/mol. The van der Waals surface area contributed by atoms with Crippen LogP contribution in [0.1, 0.15) is 11.1 Å². The van der Waals surface area contributed by atoms with Crippen molar-refractivity contribution in [3.63, 3.8) is 0 Å². The number of nitrogens with one attached hydrogen (secondary N) is 2. The molecule has 0 radical (unpaired) electrons. The number of benzene rings is 2. The van der Waals surface area contributed by atoms with E-state index in [0.717, 1.165) is 0 Å². The van der Waals surface area contributed by atoms with Crippen LogP contribution in [-0.2, 0) is 16.2 Å². The van der Waals surface area contributed by atoms with Crippen LogP contribution in [0.3, 0.4) is 0 Å². The molecule has 0 spiro atoms. The predicted molar refractivity (Wildman–Crippen MR) is 106 cm³/mol. The summed E-state index contributed by atoms with van der Waals surface area (Å²) in [4.78, 5) is 22.9. The Bertz CT molecular complexity index is 849. The molecule has 0 aliphatic rings. The first-order chi connectivity index (χ1) is 13.0. The number of carbonyl (C=O) groups excluding carboxylic acids is 2. The zero-order valence-electron chi connectivity index (χ0n) is 14.2. The lowest BCUT2D eigenvalue weighted by molar-refractivity contribution is -0.139. The van der Waals surface area contributed by atoms with Gasteiger partial charge in [0, 0.05) is 22.2 Å². The Kier molecular flexibility index (Phi) is 7.85. The maximum Gasteiger partial charge on any atom is 0.329 e. The van der Waals surface area contributed by atoms with Crippen molar-refractivity contribution in [3.05, 3.63) is 76.3 Å². The molecule has 2 amide bonds. The standard InChI is InChI=1S/C19H17Cl2N3O3/c1-2-9-22-18(25)19(26)24-23-11-13-5-3-6-14(10-13)27-12-15-16(20)7-4-8-17(15)21/h2-8,10-11H,1,9,12H2,(H,22,25)(H,24,26)/b23-11-. The lowest BCUT2D eigenvalue weighted by Crippen LogP contribution is -2.37. The molecule has 2 rings (SSSR count). The van der Waals surface area contributed by atoms with E-state index in [0.29, 0.717) is 26.9 Å². The number of ether oxygens (including phenoxy) is 1. The van der Waals surface area contributed by atoms with Crippen LogP contribution in [0.25, 0.3) is 0 Å². The number of halogens is 2. The van der Waals surface area contributed by atoms with Crippen molar-refractivity contribution >= 4 is 41.2 Å². The number of nitrogens with zero attached hydrogens (tertiary/aromatic N) is 1. The summed E-state index contributed by atoms with van der Waals surface area (Å²) in [5.74, 6) is -1.08. The van der Waals surface area contributed by atoms with E-state index in [4.69, 9.17) is 27.9 Å². The molecule has 0 aliphatic carbocycles. The molecule has 2 aromatic rings. The zero-order valence-corrected chi connectivity index (χ0v) is 15.8. The lowest BCUT2D eigenvalue weighted by Gasteiger charge is -2.09. The molecule has 6 nitrogen and oxygen atoms in total. The topological polar surface area (TPSA) is 79.8 Å². The fourth-order valence-corrected chi connectivity index (χ4v) is 2.48. The SMILES string of the molecule is C=CCNC(=O)C(=O)N/N=C\c1cccc(OCc2c(Cl)cccc2Cl)c1. The molecular formula is C19H17Cl2N3O3. The Balaban J connectivity index is 1.94. The molecule has 0 atom stereocenters. The van der Waals surface area contributed by atoms with Gasteiger partial charge >= 0.3 is 11.8 Å². The van der Waals surface area contributed by atoms with Crippen LogP contribution in [0.2, 0.25) is 10.0 Å². The number of hydrogen-bond donors (Lipinski definition) is 2. The molecular weight excluding hydrogens is 389 g/mol. The van der Waals surface area contributed by atoms with Gasteiger partial charge in [0.15, 0.2) is 0 Å². The van der Waals surface area contributed by atoms with Crippen molar-refractivity contribution in [2.24, 2.45) is 5.10 Å². The molecule has 27 heavy (non-hydrogen) atoms. The van der Waals surface area contributed by atoms with Gasteiger partial charge in [-0.2, -0.15) is 5.10 Å². The molecule has 0 fully saturated rings. The van der Waals surface area contributed by atoms with Gasteiger partial charge in [-0.3, -0.25) is 9.59 Å². The van der Waals surface area contributed by atoms with Crippen molar-refractivity contribution in [1.82, 2.24) is 10.7 Å². The second kappa shape index (κ2) is 10.4. The van der Waals surface area contributed by atoms with E-state index in [1.165, 1.54) is 12.3 Å². The molecule has 0 bridgehead atoms. The van der Waals surface area contributed by atoms with E-state index in [1.807, 2.05) is 0 Å². The summed E-state index contributed by atoms with van der Waals surface area (Å²) >= 11 is 12.2. The molecule has 8 heteroatoms. The maximum atomic E-state index is 11.5. The highest BCUT2D eigenvalue weighted by Crippen LogP contribution is 2.25. The van der Waals surface area contributed by atoms with Crippen LogP contribution >= 0.6 is 23.2 Å². The Morgan fingerprint density at radius 3 is 2.52 bits per heavy atom. The van der Waals surface area contributed by atoms with Gasteiger partial charge in [-0.25, -0.2) is 5.43 Å². The highest BCUT2D eigenvalue weighted by molar-refractivity contribution is 6.36. The molecule has 0 aliphatic heterocycles. The summed E-state index contributed by atoms with van der Waals surface area (Å²) in [6.07, 6.45) is 2.86. The van der Waals surface area contributed by atoms with Crippen LogP contribution in [0.4, 0.5) is 0 Å². The van der Waals surface area contributed by atoms with Crippen molar-refractivity contribution in [3.8, 4) is 5.75 Å². The normalized spacial score (nSPS) is 10.4. The highest BCUT2D eigenvalue weighted by Gasteiger charge is 2.10. The first-order valence-corrected chi connectivity index (χ1v) is 8.64. The Morgan fingerprint density at radius 1 is 1.11 bits per heavy atom. The second-order valence-electron chi connectivity index (χ2n) is 5.26. The molecule has 2 N–H and O–H groups in total. The first kappa shape index (κ1) is 20.5. The molecule has 0 saturated carbocycles. The Morgan fingerprint density at radius 2 is 1.81 bits per heavy atom. The fraction of sp³-hybridized carbons (Fsp3) is 0.105. The summed E-state index contributed by atoms with van der Waals surface area (Å²) in [5, 5.41) is 7.15. The van der Waals surface area contributed by atoms with Crippen molar-refractivity contribution < 1.29 is 14.3 Å². The van der Waals surface area contributed by atoms with E-state index in [9.17, 15) is 9.59 Å². The largest absolute Gasteiger partial charge is 0.489 e. The fourth-order valence-electron chi connectivity index (χ4n) is 1.97. The molecule has 0 saturated heterocycles. The summed E-state index contributed by atoms with van der Waals surface area (Å²) < 4.78 is 5.71. The van der Waals surface area contributed by atoms with E-state index in [1.54, 1.807) is 42.5 Å². The van der Waals surface area contributed by atoms with Crippen LogP contribution in [0.15, 0.2) is 60.2 Å². The van der Waals surface area contributed by atoms with Crippen molar-refractivity contribution in [2.45, 2.75) is 6.61 Å². The minimum absolute atomic E-state index is 0.199. The third kappa shape index (κ3) is 6.44. The summed E-state index contributed by atoms with van der Waals surface area (Å²) in [7, 11) is 0. The van der Waals surface area contributed by atoms with Gasteiger partial charge in [0.2, 0.25) is 0 Å². The van der Waals surface area contributed by atoms with E-state index < -0.39 is 11.8 Å². The van der Waals surface area contributed by atoms with Crippen molar-refractivity contribution in [2.75, 3.05) is 6.54 Å². The first-order valence-electron chi connectivity index (χ1n) is 7.89. The van der Waals surface area contributed by atoms with Crippen LogP contribution < -0.4 is 15.5 Å². The zero-order chi connectivity index (χ0) is 19.6.